The molecule has 2 aliphatic rings. The van der Waals surface area contributed by atoms with Crippen LogP contribution in [0.4, 0.5) is 5.82 Å². The second kappa shape index (κ2) is 9.57. The molecule has 0 atom stereocenters. The number of thioether (sulfide) groups is 1. The highest BCUT2D eigenvalue weighted by Gasteiger charge is 2.32. The van der Waals surface area contributed by atoms with Crippen LogP contribution in [0.1, 0.15) is 19.5 Å². The average molecular weight is 521 g/mol. The van der Waals surface area contributed by atoms with Crippen molar-refractivity contribution in [3.05, 3.63) is 53.1 Å². The molecule has 2 fully saturated rings. The summed E-state index contributed by atoms with van der Waals surface area (Å²) in [7, 11) is 0. The summed E-state index contributed by atoms with van der Waals surface area (Å²) < 4.78 is 0.423. The number of aromatic nitrogens is 3. The van der Waals surface area contributed by atoms with E-state index in [9.17, 15) is 14.7 Å². The first-order chi connectivity index (χ1) is 17.2. The molecule has 5 rings (SSSR count). The Kier molecular flexibility index (Phi) is 6.45. The van der Waals surface area contributed by atoms with Crippen LogP contribution in [0.3, 0.4) is 0 Å². The molecule has 0 unspecified atom stereocenters. The summed E-state index contributed by atoms with van der Waals surface area (Å²) in [5, 5.41) is 12.7. The molecule has 0 radical (unpaired) electrons. The Bertz CT molecular complexity index is 1410. The molecule has 0 aliphatic carbocycles. The molecule has 0 saturated carbocycles. The number of thiocarbonyl (C=S) groups is 1. The van der Waals surface area contributed by atoms with E-state index in [1.165, 1.54) is 25.6 Å². The van der Waals surface area contributed by atoms with Gasteiger partial charge in [0.25, 0.3) is 11.8 Å². The van der Waals surface area contributed by atoms with E-state index in [1.807, 2.05) is 42.5 Å². The number of para-hydroxylation sites is 2. The predicted molar refractivity (Wildman–Crippen MR) is 144 cm³/mol. The van der Waals surface area contributed by atoms with E-state index in [2.05, 4.69) is 10.2 Å². The maximum atomic E-state index is 12.5. The first-order valence-corrected chi connectivity index (χ1v) is 12.7. The number of rotatable bonds is 4. The van der Waals surface area contributed by atoms with Gasteiger partial charge >= 0.3 is 0 Å². The maximum Gasteiger partial charge on any atom is 0.263 e. The van der Waals surface area contributed by atoms with Gasteiger partial charge in [-0.05, 0) is 44.2 Å². The summed E-state index contributed by atoms with van der Waals surface area (Å²) in [6, 6.07) is 13.2. The van der Waals surface area contributed by atoms with E-state index < -0.39 is 5.60 Å². The summed E-state index contributed by atoms with van der Waals surface area (Å²) in [5.41, 5.74) is 1.95. The second-order valence-electron chi connectivity index (χ2n) is 9.02. The third kappa shape index (κ3) is 4.95. The van der Waals surface area contributed by atoms with Crippen molar-refractivity contribution in [2.24, 2.45) is 0 Å². The molecule has 2 amide bonds. The molecule has 184 valence electrons. The largest absolute Gasteiger partial charge is 0.381 e. The number of fused-ring (bicyclic) bond motifs is 1. The number of carbonyl (C=O) groups excluding carboxylic acids is 2. The van der Waals surface area contributed by atoms with Gasteiger partial charge in [-0.25, -0.2) is 15.0 Å². The van der Waals surface area contributed by atoms with E-state index in [4.69, 9.17) is 27.2 Å². The molecule has 2 aliphatic heterocycles. The third-order valence-corrected chi connectivity index (χ3v) is 7.04. The van der Waals surface area contributed by atoms with Gasteiger partial charge in [0.15, 0.2) is 5.82 Å². The van der Waals surface area contributed by atoms with Gasteiger partial charge in [0.1, 0.15) is 15.6 Å². The number of hydrogen-bond acceptors (Lipinski definition) is 9. The SMILES string of the molecule is CC(C)(O)C(=O)N1CCN(c2nc3ccccc3nc2-c2cccc(C=C3SC(=S)NC3=O)n2)CC1. The lowest BCUT2D eigenvalue weighted by Crippen LogP contribution is -2.54. The molecule has 2 aromatic heterocycles. The van der Waals surface area contributed by atoms with Crippen LogP contribution in [0, 0.1) is 0 Å². The molecule has 36 heavy (non-hydrogen) atoms. The zero-order valence-corrected chi connectivity index (χ0v) is 21.4. The summed E-state index contributed by atoms with van der Waals surface area (Å²) in [6.45, 7) is 5.01. The molecule has 11 heteroatoms. The van der Waals surface area contributed by atoms with Gasteiger partial charge in [0.05, 0.1) is 27.3 Å². The average Bonchev–Trinajstić information content (AvgIpc) is 3.18. The molecule has 9 nitrogen and oxygen atoms in total. The molecule has 0 bridgehead atoms. The third-order valence-electron chi connectivity index (χ3n) is 5.88. The van der Waals surface area contributed by atoms with E-state index in [0.717, 1.165) is 11.0 Å². The Morgan fingerprint density at radius 2 is 1.75 bits per heavy atom. The van der Waals surface area contributed by atoms with Crippen LogP contribution in [0.25, 0.3) is 28.5 Å². The number of nitrogens with one attached hydrogen (secondary N) is 1. The van der Waals surface area contributed by atoms with Crippen molar-refractivity contribution in [2.75, 3.05) is 31.1 Å². The van der Waals surface area contributed by atoms with Crippen molar-refractivity contribution < 1.29 is 14.7 Å². The lowest BCUT2D eigenvalue weighted by atomic mass is 10.1. The highest BCUT2D eigenvalue weighted by atomic mass is 32.2. The Morgan fingerprint density at radius 1 is 1.06 bits per heavy atom. The lowest BCUT2D eigenvalue weighted by Gasteiger charge is -2.38. The van der Waals surface area contributed by atoms with Crippen molar-refractivity contribution in [3.8, 4) is 11.4 Å². The molecule has 0 spiro atoms. The van der Waals surface area contributed by atoms with Crippen LogP contribution >= 0.6 is 24.0 Å². The number of piperazine rings is 1. The monoisotopic (exact) mass is 520 g/mol. The zero-order chi connectivity index (χ0) is 25.4. The van der Waals surface area contributed by atoms with Crippen LogP contribution in [-0.2, 0) is 9.59 Å². The van der Waals surface area contributed by atoms with Crippen molar-refractivity contribution in [3.63, 3.8) is 0 Å². The minimum atomic E-state index is -1.41. The number of hydrogen-bond donors (Lipinski definition) is 2. The predicted octanol–water partition coefficient (Wildman–Crippen LogP) is 2.60. The smallest absolute Gasteiger partial charge is 0.263 e. The van der Waals surface area contributed by atoms with Gasteiger partial charge in [-0.2, -0.15) is 0 Å². The van der Waals surface area contributed by atoms with E-state index in [0.29, 0.717) is 58.3 Å². The summed E-state index contributed by atoms with van der Waals surface area (Å²) in [6.07, 6.45) is 1.71. The topological polar surface area (TPSA) is 112 Å². The van der Waals surface area contributed by atoms with Crippen molar-refractivity contribution in [2.45, 2.75) is 19.4 Å². The molecule has 2 N–H and O–H groups in total. The van der Waals surface area contributed by atoms with Gasteiger partial charge in [-0.15, -0.1) is 0 Å². The molecule has 4 heterocycles. The maximum absolute atomic E-state index is 12.5. The normalized spacial score (nSPS) is 17.7. The number of nitrogens with zero attached hydrogens (tertiary/aromatic N) is 5. The van der Waals surface area contributed by atoms with E-state index in [1.54, 1.807) is 11.0 Å². The van der Waals surface area contributed by atoms with Crippen LogP contribution in [0.15, 0.2) is 47.4 Å². The van der Waals surface area contributed by atoms with Gasteiger partial charge in [-0.3, -0.25) is 9.59 Å². The Balaban J connectivity index is 1.50. The fourth-order valence-electron chi connectivity index (χ4n) is 4.11. The highest BCUT2D eigenvalue weighted by Crippen LogP contribution is 2.31. The van der Waals surface area contributed by atoms with Gasteiger partial charge in [-0.1, -0.05) is 42.2 Å². The molecular formula is C25H24N6O3S2. The number of benzene rings is 1. The fraction of sp³-hybridized carbons (Fsp3) is 0.280. The zero-order valence-electron chi connectivity index (χ0n) is 19.8. The molecule has 1 aromatic carbocycles. The standard InChI is InChI=1S/C25H24N6O3S2/c1-25(2,34)23(33)31-12-10-30(11-13-31)21-20(27-16-7-3-4-8-17(16)28-21)18-9-5-6-15(26-18)14-19-22(32)29-24(35)36-19/h3-9,14,34H,10-13H2,1-2H3,(H,29,32,35). The Morgan fingerprint density at radius 3 is 2.39 bits per heavy atom. The lowest BCUT2D eigenvalue weighted by molar-refractivity contribution is -0.148. The quantitative estimate of drug-likeness (QED) is 0.396. The molecular weight excluding hydrogens is 496 g/mol. The van der Waals surface area contributed by atoms with Gasteiger partial charge in [0.2, 0.25) is 0 Å². The first kappa shape index (κ1) is 24.3. The molecule has 2 saturated heterocycles. The number of pyridine rings is 1. The van der Waals surface area contributed by atoms with Crippen molar-refractivity contribution in [1.29, 1.82) is 0 Å². The van der Waals surface area contributed by atoms with Crippen LogP contribution in [0.5, 0.6) is 0 Å². The summed E-state index contributed by atoms with van der Waals surface area (Å²) >= 11 is 6.29. The van der Waals surface area contributed by atoms with Crippen LogP contribution < -0.4 is 10.2 Å². The minimum Gasteiger partial charge on any atom is -0.381 e. The van der Waals surface area contributed by atoms with Crippen LogP contribution in [-0.4, -0.2) is 72.9 Å². The fourth-order valence-corrected chi connectivity index (χ4v) is 5.14. The summed E-state index contributed by atoms with van der Waals surface area (Å²) in [5.74, 6) is 0.153. The van der Waals surface area contributed by atoms with Crippen molar-refractivity contribution >= 4 is 63.0 Å². The first-order valence-electron chi connectivity index (χ1n) is 11.4. The van der Waals surface area contributed by atoms with Crippen molar-refractivity contribution in [1.82, 2.24) is 25.2 Å². The Labute approximate surface area is 217 Å². The Hall–Kier alpha value is -3.41. The van der Waals surface area contributed by atoms with E-state index >= 15 is 0 Å². The van der Waals surface area contributed by atoms with Gasteiger partial charge in [0, 0.05) is 26.2 Å². The minimum absolute atomic E-state index is 0.234. The highest BCUT2D eigenvalue weighted by molar-refractivity contribution is 8.26. The molecule has 3 aromatic rings. The number of anilines is 1. The number of carbonyl (C=O) groups is 2. The van der Waals surface area contributed by atoms with E-state index in [-0.39, 0.29) is 11.8 Å². The number of amides is 2. The summed E-state index contributed by atoms with van der Waals surface area (Å²) in [4.78, 5) is 43.5. The van der Waals surface area contributed by atoms with Gasteiger partial charge < -0.3 is 20.2 Å². The second-order valence-corrected chi connectivity index (χ2v) is 10.7. The number of aliphatic hydroxyl groups is 1. The van der Waals surface area contributed by atoms with Crippen LogP contribution in [0.2, 0.25) is 0 Å².